The van der Waals surface area contributed by atoms with Gasteiger partial charge in [-0.1, -0.05) is 127 Å². The SMILES string of the molecule is C=CCO[C@H]1[C@@H](O[C@@H]2[C@@H](OCc3ccccc3)[C@H](C)O[C@@H](O)[C@@H]2OCc2ccccc2)O[C@H](COCc2ccccc2)[C@H]1OCc1ccccc1. The van der Waals surface area contributed by atoms with Crippen LogP contribution in [0, 0.1) is 0 Å². The van der Waals surface area contributed by atoms with Crippen LogP contribution >= 0.6 is 0 Å². The monoisotopic (exact) mass is 696 g/mol. The average Bonchev–Trinajstić information content (AvgIpc) is 3.49. The summed E-state index contributed by atoms with van der Waals surface area (Å²) < 4.78 is 51.5. The van der Waals surface area contributed by atoms with Crippen molar-refractivity contribution in [3.8, 4) is 0 Å². The summed E-state index contributed by atoms with van der Waals surface area (Å²) in [6, 6.07) is 39.6. The van der Waals surface area contributed by atoms with Gasteiger partial charge in [0.2, 0.25) is 0 Å². The van der Waals surface area contributed by atoms with Crippen molar-refractivity contribution in [2.45, 2.75) is 88.7 Å². The second kappa shape index (κ2) is 19.2. The minimum absolute atomic E-state index is 0.228. The second-order valence-corrected chi connectivity index (χ2v) is 12.7. The van der Waals surface area contributed by atoms with Gasteiger partial charge in [-0.2, -0.15) is 0 Å². The molecule has 0 amide bonds. The maximum atomic E-state index is 11.3. The van der Waals surface area contributed by atoms with E-state index in [-0.39, 0.29) is 19.8 Å². The summed E-state index contributed by atoms with van der Waals surface area (Å²) in [5.41, 5.74) is 3.99. The Balaban J connectivity index is 1.26. The molecule has 2 fully saturated rings. The molecule has 0 saturated carbocycles. The molecule has 0 bridgehead atoms. The molecule has 0 unspecified atom stereocenters. The molecule has 0 aliphatic carbocycles. The van der Waals surface area contributed by atoms with E-state index in [2.05, 4.69) is 6.58 Å². The van der Waals surface area contributed by atoms with Crippen LogP contribution in [0.2, 0.25) is 0 Å². The van der Waals surface area contributed by atoms with Crippen molar-refractivity contribution >= 4 is 0 Å². The summed E-state index contributed by atoms with van der Waals surface area (Å²) in [5, 5.41) is 11.3. The molecule has 4 aromatic rings. The third kappa shape index (κ3) is 10.4. The largest absolute Gasteiger partial charge is 0.374 e. The first-order chi connectivity index (χ1) is 25.1. The highest BCUT2D eigenvalue weighted by Crippen LogP contribution is 2.35. The second-order valence-electron chi connectivity index (χ2n) is 12.7. The van der Waals surface area contributed by atoms with E-state index in [1.807, 2.05) is 128 Å². The van der Waals surface area contributed by atoms with Gasteiger partial charge in [-0.05, 0) is 29.2 Å². The lowest BCUT2D eigenvalue weighted by Crippen LogP contribution is -2.60. The maximum Gasteiger partial charge on any atom is 0.187 e. The highest BCUT2D eigenvalue weighted by atomic mass is 16.8. The zero-order chi connectivity index (χ0) is 35.3. The van der Waals surface area contributed by atoms with E-state index < -0.39 is 55.3 Å². The third-order valence-electron chi connectivity index (χ3n) is 8.96. The number of rotatable bonds is 18. The summed E-state index contributed by atoms with van der Waals surface area (Å²) in [6.45, 7) is 7.48. The summed E-state index contributed by atoms with van der Waals surface area (Å²) in [6.07, 6.45) is -5.17. The molecule has 9 heteroatoms. The van der Waals surface area contributed by atoms with Crippen LogP contribution < -0.4 is 0 Å². The molecule has 2 aliphatic rings. The molecule has 1 N–H and O–H groups in total. The van der Waals surface area contributed by atoms with Crippen molar-refractivity contribution in [1.29, 1.82) is 0 Å². The Hall–Kier alpha value is -3.74. The fourth-order valence-corrected chi connectivity index (χ4v) is 6.37. The van der Waals surface area contributed by atoms with E-state index >= 15 is 0 Å². The van der Waals surface area contributed by atoms with Gasteiger partial charge in [-0.3, -0.25) is 0 Å². The van der Waals surface area contributed by atoms with Gasteiger partial charge in [0.1, 0.15) is 36.6 Å². The quantitative estimate of drug-likeness (QED) is 0.119. The van der Waals surface area contributed by atoms with Crippen molar-refractivity contribution in [3.05, 3.63) is 156 Å². The zero-order valence-corrected chi connectivity index (χ0v) is 29.0. The molecular formula is C42H48O9. The first-order valence-corrected chi connectivity index (χ1v) is 17.5. The van der Waals surface area contributed by atoms with Crippen LogP contribution in [0.1, 0.15) is 29.2 Å². The van der Waals surface area contributed by atoms with Gasteiger partial charge in [-0.25, -0.2) is 0 Å². The number of aliphatic hydroxyl groups is 1. The Kier molecular flexibility index (Phi) is 13.9. The molecule has 2 saturated heterocycles. The number of hydrogen-bond donors (Lipinski definition) is 1. The predicted molar refractivity (Wildman–Crippen MR) is 191 cm³/mol. The molecule has 4 aromatic carbocycles. The van der Waals surface area contributed by atoms with Crippen LogP contribution in [0.5, 0.6) is 0 Å². The van der Waals surface area contributed by atoms with E-state index in [0.717, 1.165) is 22.3 Å². The van der Waals surface area contributed by atoms with E-state index in [1.54, 1.807) is 6.08 Å². The number of benzene rings is 4. The van der Waals surface area contributed by atoms with E-state index in [0.29, 0.717) is 19.8 Å². The summed E-state index contributed by atoms with van der Waals surface area (Å²) in [7, 11) is 0. The molecule has 2 aliphatic heterocycles. The molecule has 0 aromatic heterocycles. The third-order valence-corrected chi connectivity index (χ3v) is 8.96. The van der Waals surface area contributed by atoms with Crippen molar-refractivity contribution in [2.24, 2.45) is 0 Å². The highest BCUT2D eigenvalue weighted by molar-refractivity contribution is 5.16. The van der Waals surface area contributed by atoms with Gasteiger partial charge in [0.25, 0.3) is 0 Å². The van der Waals surface area contributed by atoms with Gasteiger partial charge in [0.05, 0.1) is 45.7 Å². The molecule has 9 nitrogen and oxygen atoms in total. The molecule has 51 heavy (non-hydrogen) atoms. The van der Waals surface area contributed by atoms with Gasteiger partial charge in [-0.15, -0.1) is 6.58 Å². The Morgan fingerprint density at radius 1 is 0.569 bits per heavy atom. The van der Waals surface area contributed by atoms with E-state index in [4.69, 9.17) is 37.9 Å². The molecule has 0 radical (unpaired) electrons. The van der Waals surface area contributed by atoms with E-state index in [9.17, 15) is 5.11 Å². The molecule has 2 heterocycles. The molecule has 6 rings (SSSR count). The number of hydrogen-bond acceptors (Lipinski definition) is 9. The minimum atomic E-state index is -1.28. The smallest absolute Gasteiger partial charge is 0.187 e. The summed E-state index contributed by atoms with van der Waals surface area (Å²) in [5.74, 6) is 0. The predicted octanol–water partition coefficient (Wildman–Crippen LogP) is 6.38. The van der Waals surface area contributed by atoms with Gasteiger partial charge >= 0.3 is 0 Å². The number of aliphatic hydroxyl groups excluding tert-OH is 1. The molecule has 270 valence electrons. The van der Waals surface area contributed by atoms with Crippen molar-refractivity contribution in [1.82, 2.24) is 0 Å². The van der Waals surface area contributed by atoms with Crippen LogP contribution in [-0.4, -0.2) is 73.6 Å². The van der Waals surface area contributed by atoms with Crippen LogP contribution in [0.25, 0.3) is 0 Å². The van der Waals surface area contributed by atoms with Gasteiger partial charge in [0.15, 0.2) is 12.6 Å². The van der Waals surface area contributed by atoms with E-state index in [1.165, 1.54) is 0 Å². The Morgan fingerprint density at radius 2 is 1.04 bits per heavy atom. The fraction of sp³-hybridized carbons (Fsp3) is 0.381. The fourth-order valence-electron chi connectivity index (χ4n) is 6.37. The van der Waals surface area contributed by atoms with Crippen molar-refractivity contribution in [2.75, 3.05) is 13.2 Å². The zero-order valence-electron chi connectivity index (χ0n) is 29.0. The lowest BCUT2D eigenvalue weighted by atomic mass is 9.98. The highest BCUT2D eigenvalue weighted by Gasteiger charge is 2.53. The maximum absolute atomic E-state index is 11.3. The topological polar surface area (TPSA) is 94.1 Å². The van der Waals surface area contributed by atoms with Crippen LogP contribution in [0.4, 0.5) is 0 Å². The first kappa shape index (κ1) is 37.0. The van der Waals surface area contributed by atoms with Crippen LogP contribution in [0.15, 0.2) is 134 Å². The van der Waals surface area contributed by atoms with Crippen molar-refractivity contribution < 1.29 is 43.0 Å². The Morgan fingerprint density at radius 3 is 1.55 bits per heavy atom. The number of ether oxygens (including phenoxy) is 8. The average molecular weight is 697 g/mol. The standard InChI is InChI=1S/C42H48O9/c1-3-24-45-40-37(47-27-33-20-12-6-13-21-33)35(29-44-25-31-16-8-4-9-17-31)50-42(40)51-38-36(46-26-32-18-10-5-11-19-32)30(2)49-41(43)39(38)48-28-34-22-14-7-15-23-34/h3-23,30,35-43H,1,24-29H2,2H3/t30-,35+,36-,37+,38+,39+,40+,41+,42+/m0/s1. The normalized spacial score (nSPS) is 27.7. The lowest BCUT2D eigenvalue weighted by Gasteiger charge is -2.44. The lowest BCUT2D eigenvalue weighted by molar-refractivity contribution is -0.332. The van der Waals surface area contributed by atoms with Gasteiger partial charge < -0.3 is 43.0 Å². The van der Waals surface area contributed by atoms with Crippen LogP contribution in [-0.2, 0) is 64.3 Å². The summed E-state index contributed by atoms with van der Waals surface area (Å²) in [4.78, 5) is 0. The van der Waals surface area contributed by atoms with Crippen molar-refractivity contribution in [3.63, 3.8) is 0 Å². The van der Waals surface area contributed by atoms with Gasteiger partial charge in [0, 0.05) is 0 Å². The Labute approximate surface area is 300 Å². The molecule has 0 spiro atoms. The minimum Gasteiger partial charge on any atom is -0.374 e. The molecular weight excluding hydrogens is 648 g/mol. The summed E-state index contributed by atoms with van der Waals surface area (Å²) >= 11 is 0. The first-order valence-electron chi connectivity index (χ1n) is 17.5. The van der Waals surface area contributed by atoms with Crippen LogP contribution in [0.3, 0.4) is 0 Å². The molecule has 9 atom stereocenters. The Bertz CT molecular complexity index is 1500.